The largest absolute Gasteiger partial charge is 0.469 e. The molecule has 1 unspecified atom stereocenters. The van der Waals surface area contributed by atoms with E-state index in [1.165, 1.54) is 7.11 Å². The van der Waals surface area contributed by atoms with E-state index < -0.39 is 5.41 Å². The van der Waals surface area contributed by atoms with E-state index in [2.05, 4.69) is 0 Å². The first-order valence-corrected chi connectivity index (χ1v) is 6.46. The molecule has 0 N–H and O–H groups in total. The second kappa shape index (κ2) is 5.11. The van der Waals surface area contributed by atoms with Crippen molar-refractivity contribution in [3.63, 3.8) is 0 Å². The van der Waals surface area contributed by atoms with Gasteiger partial charge >= 0.3 is 5.97 Å². The van der Waals surface area contributed by atoms with Gasteiger partial charge in [-0.3, -0.25) is 14.9 Å². The Balaban J connectivity index is 2.31. The molecular formula is C14H18N2O4. The monoisotopic (exact) mass is 278 g/mol. The number of nitrogens with zero attached hydrogens (tertiary/aromatic N) is 2. The molecule has 1 atom stereocenters. The van der Waals surface area contributed by atoms with E-state index in [4.69, 9.17) is 4.74 Å². The van der Waals surface area contributed by atoms with Crippen LogP contribution in [0.25, 0.3) is 0 Å². The minimum absolute atomic E-state index is 0.0825. The van der Waals surface area contributed by atoms with Crippen molar-refractivity contribution in [3.05, 3.63) is 33.9 Å². The van der Waals surface area contributed by atoms with E-state index in [1.54, 1.807) is 12.1 Å². The standard InChI is InChI=1S/C14H18N2O4/c1-10-4-5-11(12(8-10)16(18)19)15-7-6-14(2,9-15)13(17)20-3/h4-5,8H,6-7,9H2,1-3H3. The number of rotatable bonds is 3. The quantitative estimate of drug-likeness (QED) is 0.482. The van der Waals surface area contributed by atoms with Crippen molar-refractivity contribution >= 4 is 17.3 Å². The Labute approximate surface area is 117 Å². The Hall–Kier alpha value is -2.11. The maximum Gasteiger partial charge on any atom is 0.313 e. The summed E-state index contributed by atoms with van der Waals surface area (Å²) >= 11 is 0. The number of aryl methyl sites for hydroxylation is 1. The second-order valence-corrected chi connectivity index (χ2v) is 5.47. The summed E-state index contributed by atoms with van der Waals surface area (Å²) in [5, 5.41) is 11.2. The van der Waals surface area contributed by atoms with Crippen LogP contribution in [0.3, 0.4) is 0 Å². The first kappa shape index (κ1) is 14.3. The lowest BCUT2D eigenvalue weighted by molar-refractivity contribution is -0.384. The van der Waals surface area contributed by atoms with Crippen LogP contribution < -0.4 is 4.90 Å². The summed E-state index contributed by atoms with van der Waals surface area (Å²) in [6.45, 7) is 4.69. The summed E-state index contributed by atoms with van der Waals surface area (Å²) in [5.74, 6) is -0.269. The molecule has 1 aliphatic heterocycles. The van der Waals surface area contributed by atoms with Crippen LogP contribution in [0.4, 0.5) is 11.4 Å². The van der Waals surface area contributed by atoms with Crippen LogP contribution in [0, 0.1) is 22.5 Å². The van der Waals surface area contributed by atoms with Gasteiger partial charge in [-0.2, -0.15) is 0 Å². The average molecular weight is 278 g/mol. The number of carbonyl (C=O) groups is 1. The Kier molecular flexibility index (Phi) is 3.65. The molecule has 0 bridgehead atoms. The van der Waals surface area contributed by atoms with Gasteiger partial charge in [0, 0.05) is 19.2 Å². The highest BCUT2D eigenvalue weighted by Crippen LogP contribution is 2.38. The zero-order valence-corrected chi connectivity index (χ0v) is 11.9. The molecule has 1 heterocycles. The predicted octanol–water partition coefficient (Wildman–Crippen LogP) is 2.29. The molecule has 6 heteroatoms. The summed E-state index contributed by atoms with van der Waals surface area (Å²) in [7, 11) is 1.37. The van der Waals surface area contributed by atoms with Gasteiger partial charge < -0.3 is 9.64 Å². The molecule has 0 radical (unpaired) electrons. The van der Waals surface area contributed by atoms with Gasteiger partial charge in [-0.1, -0.05) is 6.07 Å². The lowest BCUT2D eigenvalue weighted by atomic mass is 9.90. The lowest BCUT2D eigenvalue weighted by Gasteiger charge is -2.23. The third-order valence-electron chi connectivity index (χ3n) is 3.82. The van der Waals surface area contributed by atoms with E-state index in [0.717, 1.165) is 5.56 Å². The van der Waals surface area contributed by atoms with E-state index in [1.807, 2.05) is 24.8 Å². The molecule has 2 rings (SSSR count). The van der Waals surface area contributed by atoms with Crippen LogP contribution in [0.5, 0.6) is 0 Å². The molecule has 1 aliphatic rings. The molecule has 1 fully saturated rings. The number of hydrogen-bond acceptors (Lipinski definition) is 5. The van der Waals surface area contributed by atoms with Gasteiger partial charge in [-0.15, -0.1) is 0 Å². The fourth-order valence-electron chi connectivity index (χ4n) is 2.63. The van der Waals surface area contributed by atoms with Crippen molar-refractivity contribution in [1.82, 2.24) is 0 Å². The average Bonchev–Trinajstić information content (AvgIpc) is 2.81. The summed E-state index contributed by atoms with van der Waals surface area (Å²) in [4.78, 5) is 24.5. The Morgan fingerprint density at radius 3 is 2.80 bits per heavy atom. The van der Waals surface area contributed by atoms with Crippen LogP contribution >= 0.6 is 0 Å². The molecule has 0 saturated carbocycles. The Bertz CT molecular complexity index is 558. The topological polar surface area (TPSA) is 72.7 Å². The maximum absolute atomic E-state index is 11.8. The first-order valence-electron chi connectivity index (χ1n) is 6.46. The van der Waals surface area contributed by atoms with E-state index in [-0.39, 0.29) is 16.6 Å². The molecule has 1 saturated heterocycles. The van der Waals surface area contributed by atoms with Gasteiger partial charge in [0.15, 0.2) is 0 Å². The van der Waals surface area contributed by atoms with Gasteiger partial charge in [-0.25, -0.2) is 0 Å². The number of nitro benzene ring substituents is 1. The molecular weight excluding hydrogens is 260 g/mol. The van der Waals surface area contributed by atoms with Gasteiger partial charge in [0.2, 0.25) is 0 Å². The smallest absolute Gasteiger partial charge is 0.313 e. The van der Waals surface area contributed by atoms with Gasteiger partial charge in [0.25, 0.3) is 5.69 Å². The highest BCUT2D eigenvalue weighted by atomic mass is 16.6. The predicted molar refractivity (Wildman–Crippen MR) is 74.8 cm³/mol. The van der Waals surface area contributed by atoms with Gasteiger partial charge in [-0.05, 0) is 31.9 Å². The molecule has 0 aliphatic carbocycles. The number of methoxy groups -OCH3 is 1. The molecule has 1 aromatic carbocycles. The molecule has 0 amide bonds. The molecule has 6 nitrogen and oxygen atoms in total. The number of nitro groups is 1. The number of hydrogen-bond donors (Lipinski definition) is 0. The van der Waals surface area contributed by atoms with E-state index >= 15 is 0 Å². The summed E-state index contributed by atoms with van der Waals surface area (Å²) in [6.07, 6.45) is 0.630. The summed E-state index contributed by atoms with van der Waals surface area (Å²) in [6, 6.07) is 5.15. The minimum atomic E-state index is -0.604. The van der Waals surface area contributed by atoms with Crippen LogP contribution in [0.15, 0.2) is 18.2 Å². The second-order valence-electron chi connectivity index (χ2n) is 5.47. The Morgan fingerprint density at radius 2 is 2.20 bits per heavy atom. The van der Waals surface area contributed by atoms with Crippen molar-refractivity contribution in [3.8, 4) is 0 Å². The van der Waals surface area contributed by atoms with Crippen molar-refractivity contribution in [2.45, 2.75) is 20.3 Å². The highest BCUT2D eigenvalue weighted by Gasteiger charge is 2.42. The summed E-state index contributed by atoms with van der Waals surface area (Å²) < 4.78 is 4.82. The fourth-order valence-corrected chi connectivity index (χ4v) is 2.63. The number of anilines is 1. The Morgan fingerprint density at radius 1 is 1.50 bits per heavy atom. The van der Waals surface area contributed by atoms with Crippen molar-refractivity contribution in [1.29, 1.82) is 0 Å². The zero-order chi connectivity index (χ0) is 14.9. The number of carbonyl (C=O) groups excluding carboxylic acids is 1. The van der Waals surface area contributed by atoms with Crippen molar-refractivity contribution in [2.75, 3.05) is 25.1 Å². The molecule has 108 valence electrons. The van der Waals surface area contributed by atoms with Gasteiger partial charge in [0.1, 0.15) is 5.69 Å². The molecule has 20 heavy (non-hydrogen) atoms. The number of esters is 1. The highest BCUT2D eigenvalue weighted by molar-refractivity contribution is 5.79. The zero-order valence-electron chi connectivity index (χ0n) is 11.9. The molecule has 0 spiro atoms. The first-order chi connectivity index (χ1) is 9.37. The number of benzene rings is 1. The minimum Gasteiger partial charge on any atom is -0.469 e. The van der Waals surface area contributed by atoms with Crippen LogP contribution in [-0.4, -0.2) is 31.1 Å². The van der Waals surface area contributed by atoms with Crippen molar-refractivity contribution in [2.24, 2.45) is 5.41 Å². The molecule has 0 aromatic heterocycles. The maximum atomic E-state index is 11.8. The SMILES string of the molecule is COC(=O)C1(C)CCN(c2ccc(C)cc2[N+](=O)[O-])C1. The fraction of sp³-hybridized carbons (Fsp3) is 0.500. The van der Waals surface area contributed by atoms with E-state index in [9.17, 15) is 14.9 Å². The van der Waals surface area contributed by atoms with Crippen LogP contribution in [-0.2, 0) is 9.53 Å². The normalized spacial score (nSPS) is 21.9. The number of ether oxygens (including phenoxy) is 1. The van der Waals surface area contributed by atoms with Crippen LogP contribution in [0.2, 0.25) is 0 Å². The van der Waals surface area contributed by atoms with E-state index in [0.29, 0.717) is 25.2 Å². The third-order valence-corrected chi connectivity index (χ3v) is 3.82. The third kappa shape index (κ3) is 2.45. The molecule has 1 aromatic rings. The lowest BCUT2D eigenvalue weighted by Crippen LogP contribution is -2.33. The summed E-state index contributed by atoms with van der Waals surface area (Å²) in [5.41, 5.74) is 0.885. The van der Waals surface area contributed by atoms with Crippen LogP contribution in [0.1, 0.15) is 18.9 Å². The van der Waals surface area contributed by atoms with Gasteiger partial charge in [0.05, 0.1) is 17.4 Å². The van der Waals surface area contributed by atoms with Crippen molar-refractivity contribution < 1.29 is 14.5 Å².